The predicted octanol–water partition coefficient (Wildman–Crippen LogP) is 2.67. The molecule has 2 aromatic rings. The Morgan fingerprint density at radius 1 is 1.08 bits per heavy atom. The SMILES string of the molecule is CCOc1cc(S(=O)(=O)NCc2ccccn2)c(OCC)cc1C. The van der Waals surface area contributed by atoms with Crippen molar-refractivity contribution in [3.05, 3.63) is 47.8 Å². The van der Waals surface area contributed by atoms with E-state index in [4.69, 9.17) is 9.47 Å². The number of rotatable bonds is 8. The van der Waals surface area contributed by atoms with Gasteiger partial charge in [0.05, 0.1) is 25.5 Å². The minimum atomic E-state index is -3.76. The van der Waals surface area contributed by atoms with E-state index in [1.165, 1.54) is 6.07 Å². The fourth-order valence-corrected chi connectivity index (χ4v) is 3.32. The van der Waals surface area contributed by atoms with Crippen molar-refractivity contribution in [3.8, 4) is 11.5 Å². The molecule has 0 fully saturated rings. The van der Waals surface area contributed by atoms with Gasteiger partial charge >= 0.3 is 0 Å². The van der Waals surface area contributed by atoms with Crippen LogP contribution < -0.4 is 14.2 Å². The summed E-state index contributed by atoms with van der Waals surface area (Å²) in [5, 5.41) is 0. The molecule has 2 rings (SSSR count). The standard InChI is InChI=1S/C17H22N2O4S/c1-4-22-15-11-17(16(23-5-2)10-13(15)3)24(20,21)19-12-14-8-6-7-9-18-14/h6-11,19H,4-5,12H2,1-3H3. The van der Waals surface area contributed by atoms with Crippen LogP contribution in [0.5, 0.6) is 11.5 Å². The first-order valence-electron chi connectivity index (χ1n) is 7.77. The summed E-state index contributed by atoms with van der Waals surface area (Å²) in [6.07, 6.45) is 1.62. The van der Waals surface area contributed by atoms with Gasteiger partial charge in [0.15, 0.2) is 0 Å². The van der Waals surface area contributed by atoms with E-state index < -0.39 is 10.0 Å². The van der Waals surface area contributed by atoms with Gasteiger partial charge < -0.3 is 9.47 Å². The van der Waals surface area contributed by atoms with Crippen molar-refractivity contribution in [2.24, 2.45) is 0 Å². The van der Waals surface area contributed by atoms with E-state index in [1.807, 2.05) is 20.8 Å². The molecule has 1 aromatic heterocycles. The molecular weight excluding hydrogens is 328 g/mol. The molecule has 1 heterocycles. The quantitative estimate of drug-likeness (QED) is 0.792. The van der Waals surface area contributed by atoms with E-state index in [0.29, 0.717) is 30.4 Å². The third-order valence-corrected chi connectivity index (χ3v) is 4.72. The van der Waals surface area contributed by atoms with Gasteiger partial charge in [-0.2, -0.15) is 0 Å². The molecule has 0 bridgehead atoms. The fraction of sp³-hybridized carbons (Fsp3) is 0.353. The van der Waals surface area contributed by atoms with Crippen LogP contribution in [-0.2, 0) is 16.6 Å². The first kappa shape index (κ1) is 18.2. The van der Waals surface area contributed by atoms with Crippen LogP contribution in [-0.4, -0.2) is 26.6 Å². The van der Waals surface area contributed by atoms with E-state index in [2.05, 4.69) is 9.71 Å². The van der Waals surface area contributed by atoms with Gasteiger partial charge in [0, 0.05) is 12.3 Å². The first-order valence-corrected chi connectivity index (χ1v) is 9.26. The second kappa shape index (κ2) is 8.12. The highest BCUT2D eigenvalue weighted by Gasteiger charge is 2.22. The molecule has 0 spiro atoms. The highest BCUT2D eigenvalue weighted by Crippen LogP contribution is 2.32. The maximum Gasteiger partial charge on any atom is 0.244 e. The zero-order valence-corrected chi connectivity index (χ0v) is 14.9. The summed E-state index contributed by atoms with van der Waals surface area (Å²) >= 11 is 0. The number of benzene rings is 1. The van der Waals surface area contributed by atoms with Gasteiger partial charge in [-0.15, -0.1) is 0 Å². The second-order valence-electron chi connectivity index (χ2n) is 5.08. The average Bonchev–Trinajstić information content (AvgIpc) is 2.57. The third-order valence-electron chi connectivity index (χ3n) is 3.30. The molecule has 0 radical (unpaired) electrons. The van der Waals surface area contributed by atoms with Crippen LogP contribution in [0, 0.1) is 6.92 Å². The lowest BCUT2D eigenvalue weighted by Crippen LogP contribution is -2.24. The Hall–Kier alpha value is -2.12. The summed E-state index contributed by atoms with van der Waals surface area (Å²) in [7, 11) is -3.76. The molecule has 0 aliphatic rings. The lowest BCUT2D eigenvalue weighted by molar-refractivity contribution is 0.320. The third kappa shape index (κ3) is 4.46. The number of nitrogens with zero attached hydrogens (tertiary/aromatic N) is 1. The number of hydrogen-bond donors (Lipinski definition) is 1. The van der Waals surface area contributed by atoms with E-state index in [9.17, 15) is 8.42 Å². The van der Waals surface area contributed by atoms with Crippen LogP contribution in [0.1, 0.15) is 25.1 Å². The van der Waals surface area contributed by atoms with Crippen molar-refractivity contribution in [3.63, 3.8) is 0 Å². The summed E-state index contributed by atoms with van der Waals surface area (Å²) < 4.78 is 38.9. The van der Waals surface area contributed by atoms with Crippen LogP contribution in [0.3, 0.4) is 0 Å². The molecule has 1 N–H and O–H groups in total. The van der Waals surface area contributed by atoms with Crippen molar-refractivity contribution in [2.45, 2.75) is 32.2 Å². The summed E-state index contributed by atoms with van der Waals surface area (Å²) in [4.78, 5) is 4.18. The topological polar surface area (TPSA) is 77.5 Å². The van der Waals surface area contributed by atoms with Crippen molar-refractivity contribution < 1.29 is 17.9 Å². The van der Waals surface area contributed by atoms with Crippen molar-refractivity contribution in [1.82, 2.24) is 9.71 Å². The van der Waals surface area contributed by atoms with Crippen LogP contribution in [0.4, 0.5) is 0 Å². The van der Waals surface area contributed by atoms with Crippen LogP contribution in [0.2, 0.25) is 0 Å². The molecule has 130 valence electrons. The van der Waals surface area contributed by atoms with Gasteiger partial charge in [-0.3, -0.25) is 4.98 Å². The fourth-order valence-electron chi connectivity index (χ4n) is 2.18. The molecule has 7 heteroatoms. The van der Waals surface area contributed by atoms with E-state index >= 15 is 0 Å². The number of sulfonamides is 1. The molecule has 0 saturated heterocycles. The molecule has 24 heavy (non-hydrogen) atoms. The van der Waals surface area contributed by atoms with E-state index in [1.54, 1.807) is 30.5 Å². The maximum atomic E-state index is 12.7. The summed E-state index contributed by atoms with van der Waals surface area (Å²) in [6.45, 7) is 6.44. The summed E-state index contributed by atoms with van der Waals surface area (Å²) in [5.74, 6) is 0.839. The van der Waals surface area contributed by atoms with Gasteiger partial charge in [0.2, 0.25) is 10.0 Å². The van der Waals surface area contributed by atoms with Gasteiger partial charge in [0.1, 0.15) is 16.4 Å². The second-order valence-corrected chi connectivity index (χ2v) is 6.81. The van der Waals surface area contributed by atoms with E-state index in [-0.39, 0.29) is 11.4 Å². The molecule has 6 nitrogen and oxygen atoms in total. The van der Waals surface area contributed by atoms with E-state index in [0.717, 1.165) is 5.56 Å². The average molecular weight is 350 g/mol. The zero-order chi connectivity index (χ0) is 17.6. The molecule has 0 aliphatic heterocycles. The molecule has 0 unspecified atom stereocenters. The van der Waals surface area contributed by atoms with Crippen molar-refractivity contribution in [2.75, 3.05) is 13.2 Å². The number of pyridine rings is 1. The lowest BCUT2D eigenvalue weighted by Gasteiger charge is -2.15. The molecule has 0 saturated carbocycles. The smallest absolute Gasteiger partial charge is 0.244 e. The number of aryl methyl sites for hydroxylation is 1. The van der Waals surface area contributed by atoms with Gasteiger partial charge in [-0.1, -0.05) is 6.07 Å². The predicted molar refractivity (Wildman–Crippen MR) is 91.8 cm³/mol. The number of aromatic nitrogens is 1. The Bertz CT molecular complexity index is 777. The van der Waals surface area contributed by atoms with Crippen molar-refractivity contribution in [1.29, 1.82) is 0 Å². The highest BCUT2D eigenvalue weighted by atomic mass is 32.2. The number of nitrogens with one attached hydrogen (secondary N) is 1. The maximum absolute atomic E-state index is 12.7. The van der Waals surface area contributed by atoms with Crippen molar-refractivity contribution >= 4 is 10.0 Å². The monoisotopic (exact) mass is 350 g/mol. The summed E-state index contributed by atoms with van der Waals surface area (Å²) in [5.41, 5.74) is 1.46. The highest BCUT2D eigenvalue weighted by molar-refractivity contribution is 7.89. The molecule has 0 amide bonds. The normalized spacial score (nSPS) is 11.3. The molecule has 1 aromatic carbocycles. The zero-order valence-electron chi connectivity index (χ0n) is 14.1. The number of ether oxygens (including phenoxy) is 2. The largest absolute Gasteiger partial charge is 0.494 e. The minimum absolute atomic E-state index is 0.0642. The first-order chi connectivity index (χ1) is 11.5. The van der Waals surface area contributed by atoms with Crippen LogP contribution in [0.25, 0.3) is 0 Å². The lowest BCUT2D eigenvalue weighted by atomic mass is 10.2. The Morgan fingerprint density at radius 3 is 2.42 bits per heavy atom. The van der Waals surface area contributed by atoms with Crippen LogP contribution in [0.15, 0.2) is 41.4 Å². The van der Waals surface area contributed by atoms with Gasteiger partial charge in [-0.05, 0) is 44.5 Å². The summed E-state index contributed by atoms with van der Waals surface area (Å²) in [6, 6.07) is 8.53. The minimum Gasteiger partial charge on any atom is -0.494 e. The Morgan fingerprint density at radius 2 is 1.79 bits per heavy atom. The Labute approximate surface area is 142 Å². The number of hydrogen-bond acceptors (Lipinski definition) is 5. The molecule has 0 aliphatic carbocycles. The Balaban J connectivity index is 2.34. The van der Waals surface area contributed by atoms with Gasteiger partial charge in [-0.25, -0.2) is 13.1 Å². The van der Waals surface area contributed by atoms with Crippen LogP contribution >= 0.6 is 0 Å². The Kier molecular flexibility index (Phi) is 6.16. The van der Waals surface area contributed by atoms with Gasteiger partial charge in [0.25, 0.3) is 0 Å². The molecular formula is C17H22N2O4S. The molecule has 0 atom stereocenters.